The first kappa shape index (κ1) is 17.3. The van der Waals surface area contributed by atoms with Crippen molar-refractivity contribution in [2.75, 3.05) is 0 Å². The molecule has 0 bridgehead atoms. The molecule has 1 heterocycles. The van der Waals surface area contributed by atoms with Crippen LogP contribution in [0.1, 0.15) is 32.2 Å². The molecular formula is C20H18N2O4. The summed E-state index contributed by atoms with van der Waals surface area (Å²) in [6.07, 6.45) is 0. The lowest BCUT2D eigenvalue weighted by molar-refractivity contribution is 0.0828. The second-order valence-electron chi connectivity index (χ2n) is 5.59. The summed E-state index contributed by atoms with van der Waals surface area (Å²) in [6, 6.07) is 19.6. The van der Waals surface area contributed by atoms with Gasteiger partial charge in [-0.05, 0) is 42.8 Å². The second kappa shape index (κ2) is 8.02. The van der Waals surface area contributed by atoms with Gasteiger partial charge in [-0.25, -0.2) is 0 Å². The molecule has 2 N–H and O–H groups in total. The molecule has 0 aliphatic rings. The van der Waals surface area contributed by atoms with E-state index in [0.29, 0.717) is 17.1 Å². The maximum Gasteiger partial charge on any atom is 0.305 e. The Kier molecular flexibility index (Phi) is 5.34. The Labute approximate surface area is 150 Å². The van der Waals surface area contributed by atoms with E-state index in [0.717, 1.165) is 5.56 Å². The summed E-state index contributed by atoms with van der Waals surface area (Å²) >= 11 is 0. The van der Waals surface area contributed by atoms with Gasteiger partial charge < -0.3 is 9.15 Å². The van der Waals surface area contributed by atoms with Gasteiger partial charge in [0, 0.05) is 5.56 Å². The fraction of sp³-hybridized carbons (Fsp3) is 0.100. The smallest absolute Gasteiger partial charge is 0.305 e. The van der Waals surface area contributed by atoms with Gasteiger partial charge in [0.25, 0.3) is 5.91 Å². The van der Waals surface area contributed by atoms with Crippen LogP contribution in [-0.2, 0) is 6.61 Å². The van der Waals surface area contributed by atoms with E-state index in [1.807, 2.05) is 49.4 Å². The molecule has 132 valence electrons. The highest BCUT2D eigenvalue weighted by Gasteiger charge is 2.14. The Morgan fingerprint density at radius 1 is 0.885 bits per heavy atom. The molecule has 26 heavy (non-hydrogen) atoms. The highest BCUT2D eigenvalue weighted by molar-refractivity contribution is 5.98. The zero-order valence-corrected chi connectivity index (χ0v) is 14.2. The molecule has 0 unspecified atom stereocenters. The number of nitrogens with one attached hydrogen (secondary N) is 2. The lowest BCUT2D eigenvalue weighted by Gasteiger charge is -2.08. The first-order chi connectivity index (χ1) is 12.6. The van der Waals surface area contributed by atoms with Crippen LogP contribution >= 0.6 is 0 Å². The van der Waals surface area contributed by atoms with Gasteiger partial charge in [-0.2, -0.15) is 0 Å². The van der Waals surface area contributed by atoms with Crippen molar-refractivity contribution in [1.82, 2.24) is 10.9 Å². The van der Waals surface area contributed by atoms with Crippen molar-refractivity contribution in [2.45, 2.75) is 13.5 Å². The summed E-state index contributed by atoms with van der Waals surface area (Å²) in [4.78, 5) is 24.2. The lowest BCUT2D eigenvalue weighted by atomic mass is 10.1. The van der Waals surface area contributed by atoms with Crippen molar-refractivity contribution in [3.8, 4) is 5.75 Å². The first-order valence-electron chi connectivity index (χ1n) is 8.06. The van der Waals surface area contributed by atoms with Gasteiger partial charge in [0.15, 0.2) is 5.76 Å². The maximum atomic E-state index is 12.1. The number of benzene rings is 2. The number of aryl methyl sites for hydroxylation is 1. The average Bonchev–Trinajstić information content (AvgIpc) is 3.14. The number of rotatable bonds is 5. The number of hydrazine groups is 1. The predicted molar refractivity (Wildman–Crippen MR) is 95.6 cm³/mol. The van der Waals surface area contributed by atoms with Crippen molar-refractivity contribution >= 4 is 11.8 Å². The van der Waals surface area contributed by atoms with Gasteiger partial charge in [-0.3, -0.25) is 20.4 Å². The summed E-state index contributed by atoms with van der Waals surface area (Å²) in [5, 5.41) is 0. The largest absolute Gasteiger partial charge is 0.486 e. The Morgan fingerprint density at radius 3 is 2.35 bits per heavy atom. The summed E-state index contributed by atoms with van der Waals surface area (Å²) < 4.78 is 11.0. The fourth-order valence-corrected chi connectivity index (χ4v) is 2.32. The number of amides is 2. The van der Waals surface area contributed by atoms with Crippen LogP contribution in [0.5, 0.6) is 5.75 Å². The van der Waals surface area contributed by atoms with E-state index in [2.05, 4.69) is 10.9 Å². The number of carbonyl (C=O) groups is 2. The van der Waals surface area contributed by atoms with Crippen LogP contribution < -0.4 is 15.6 Å². The highest BCUT2D eigenvalue weighted by Crippen LogP contribution is 2.14. The Hall–Kier alpha value is -3.54. The van der Waals surface area contributed by atoms with Crippen LogP contribution in [0.25, 0.3) is 0 Å². The van der Waals surface area contributed by atoms with Gasteiger partial charge in [0.05, 0.1) is 0 Å². The molecule has 3 aromatic rings. The zero-order chi connectivity index (χ0) is 18.4. The van der Waals surface area contributed by atoms with E-state index in [-0.39, 0.29) is 12.4 Å². The Morgan fingerprint density at radius 2 is 1.58 bits per heavy atom. The molecule has 0 radical (unpaired) electrons. The molecule has 0 fully saturated rings. The number of hydrogen-bond acceptors (Lipinski definition) is 4. The number of furan rings is 1. The van der Waals surface area contributed by atoms with E-state index in [4.69, 9.17) is 9.15 Å². The summed E-state index contributed by atoms with van der Waals surface area (Å²) in [6.45, 7) is 2.02. The second-order valence-corrected chi connectivity index (χ2v) is 5.59. The van der Waals surface area contributed by atoms with Gasteiger partial charge in [-0.15, -0.1) is 0 Å². The fourth-order valence-electron chi connectivity index (χ4n) is 2.32. The van der Waals surface area contributed by atoms with Crippen molar-refractivity contribution in [1.29, 1.82) is 0 Å². The average molecular weight is 350 g/mol. The molecule has 2 aromatic carbocycles. The molecule has 0 aliphatic heterocycles. The van der Waals surface area contributed by atoms with Crippen LogP contribution in [0.3, 0.4) is 0 Å². The molecule has 0 saturated heterocycles. The molecular weight excluding hydrogens is 332 g/mol. The highest BCUT2D eigenvalue weighted by atomic mass is 16.5. The minimum atomic E-state index is -0.544. The minimum Gasteiger partial charge on any atom is -0.486 e. The zero-order valence-electron chi connectivity index (χ0n) is 14.2. The molecule has 0 atom stereocenters. The number of carbonyl (C=O) groups excluding carboxylic acids is 2. The molecule has 0 aliphatic carbocycles. The van der Waals surface area contributed by atoms with E-state index in [9.17, 15) is 9.59 Å². The van der Waals surface area contributed by atoms with Crippen molar-refractivity contribution in [3.05, 3.63) is 89.4 Å². The van der Waals surface area contributed by atoms with E-state index >= 15 is 0 Å². The third-order valence-electron chi connectivity index (χ3n) is 3.69. The topological polar surface area (TPSA) is 80.6 Å². The maximum absolute atomic E-state index is 12.1. The van der Waals surface area contributed by atoms with Gasteiger partial charge in [0.2, 0.25) is 0 Å². The molecule has 2 amide bonds. The third kappa shape index (κ3) is 4.30. The van der Waals surface area contributed by atoms with Crippen LogP contribution in [0.4, 0.5) is 0 Å². The van der Waals surface area contributed by atoms with E-state index in [1.165, 1.54) is 6.07 Å². The molecule has 1 aromatic heterocycles. The predicted octanol–water partition coefficient (Wildman–Crippen LogP) is 3.24. The molecule has 6 heteroatoms. The summed E-state index contributed by atoms with van der Waals surface area (Å²) in [5.41, 5.74) is 6.02. The van der Waals surface area contributed by atoms with Gasteiger partial charge in [-0.1, -0.05) is 36.4 Å². The van der Waals surface area contributed by atoms with Crippen LogP contribution in [-0.4, -0.2) is 11.8 Å². The van der Waals surface area contributed by atoms with Gasteiger partial charge >= 0.3 is 5.91 Å². The monoisotopic (exact) mass is 350 g/mol. The summed E-state index contributed by atoms with van der Waals surface area (Å²) in [5.74, 6) is 0.361. The molecule has 0 saturated carbocycles. The first-order valence-corrected chi connectivity index (χ1v) is 8.06. The van der Waals surface area contributed by atoms with Crippen LogP contribution in [0, 0.1) is 6.92 Å². The van der Waals surface area contributed by atoms with Crippen LogP contribution in [0.2, 0.25) is 0 Å². The quantitative estimate of drug-likeness (QED) is 0.692. The third-order valence-corrected chi connectivity index (χ3v) is 3.69. The standard InChI is InChI=1S/C20H18N2O4/c1-14-7-5-6-10-17(14)19(23)21-22-20(24)18-12-11-16(26-18)13-25-15-8-3-2-4-9-15/h2-12H,13H2,1H3,(H,21,23)(H,22,24). The number of para-hydroxylation sites is 1. The number of hydrogen-bond donors (Lipinski definition) is 2. The van der Waals surface area contributed by atoms with Crippen molar-refractivity contribution < 1.29 is 18.7 Å². The normalized spacial score (nSPS) is 10.2. The van der Waals surface area contributed by atoms with Crippen LogP contribution in [0.15, 0.2) is 71.1 Å². The molecule has 0 spiro atoms. The lowest BCUT2D eigenvalue weighted by Crippen LogP contribution is -2.41. The van der Waals surface area contributed by atoms with E-state index < -0.39 is 11.8 Å². The summed E-state index contributed by atoms with van der Waals surface area (Å²) in [7, 11) is 0. The van der Waals surface area contributed by atoms with E-state index in [1.54, 1.807) is 18.2 Å². The molecule has 6 nitrogen and oxygen atoms in total. The SMILES string of the molecule is Cc1ccccc1C(=O)NNC(=O)c1ccc(COc2ccccc2)o1. The Balaban J connectivity index is 1.53. The van der Waals surface area contributed by atoms with Crippen molar-refractivity contribution in [3.63, 3.8) is 0 Å². The van der Waals surface area contributed by atoms with Crippen molar-refractivity contribution in [2.24, 2.45) is 0 Å². The van der Waals surface area contributed by atoms with Gasteiger partial charge in [0.1, 0.15) is 18.1 Å². The molecule has 3 rings (SSSR count). The Bertz CT molecular complexity index is 903. The minimum absolute atomic E-state index is 0.0849. The number of ether oxygens (including phenoxy) is 1.